The number of anilines is 2. The van der Waals surface area contributed by atoms with E-state index in [9.17, 15) is 4.79 Å². The summed E-state index contributed by atoms with van der Waals surface area (Å²) in [6.45, 7) is 5.31. The SMILES string of the molecule is Cc1ccc2c(c1)N1CCCCCOc3c(cnn3C)-c3cc(cc(C)n3)C(=O)/N=C/1N2. The number of hydrogen-bond donors (Lipinski definition) is 1. The Hall–Kier alpha value is -3.68. The monoisotopic (exact) mass is 430 g/mol. The third-order valence-electron chi connectivity index (χ3n) is 5.78. The van der Waals surface area contributed by atoms with Crippen LogP contribution in [0.2, 0.25) is 0 Å². The zero-order valence-electron chi connectivity index (χ0n) is 18.6. The summed E-state index contributed by atoms with van der Waals surface area (Å²) in [4.78, 5) is 24.4. The highest BCUT2D eigenvalue weighted by Crippen LogP contribution is 2.34. The number of amides is 1. The van der Waals surface area contributed by atoms with Crippen LogP contribution in [-0.4, -0.2) is 39.8 Å². The number of carbonyl (C=O) groups is 1. The van der Waals surface area contributed by atoms with Gasteiger partial charge in [-0.3, -0.25) is 9.78 Å². The number of hydrogen-bond acceptors (Lipinski definition) is 6. The Morgan fingerprint density at radius 2 is 1.97 bits per heavy atom. The van der Waals surface area contributed by atoms with Gasteiger partial charge in [0.25, 0.3) is 5.91 Å². The fourth-order valence-electron chi connectivity index (χ4n) is 4.17. The van der Waals surface area contributed by atoms with E-state index in [4.69, 9.17) is 4.74 Å². The Morgan fingerprint density at radius 1 is 1.09 bits per heavy atom. The highest BCUT2D eigenvalue weighted by Gasteiger charge is 2.26. The predicted molar refractivity (Wildman–Crippen MR) is 124 cm³/mol. The molecule has 1 aromatic carbocycles. The van der Waals surface area contributed by atoms with Crippen molar-refractivity contribution in [1.82, 2.24) is 14.8 Å². The lowest BCUT2D eigenvalue weighted by molar-refractivity contribution is 0.100. The third-order valence-corrected chi connectivity index (χ3v) is 5.78. The van der Waals surface area contributed by atoms with Gasteiger partial charge >= 0.3 is 0 Å². The van der Waals surface area contributed by atoms with Crippen LogP contribution < -0.4 is 15.0 Å². The van der Waals surface area contributed by atoms with Crippen molar-refractivity contribution in [3.63, 3.8) is 0 Å². The van der Waals surface area contributed by atoms with Crippen molar-refractivity contribution in [3.05, 3.63) is 53.3 Å². The lowest BCUT2D eigenvalue weighted by Gasteiger charge is -2.19. The summed E-state index contributed by atoms with van der Waals surface area (Å²) < 4.78 is 7.78. The van der Waals surface area contributed by atoms with Crippen molar-refractivity contribution in [3.8, 4) is 17.1 Å². The molecule has 2 aromatic heterocycles. The molecule has 2 bridgehead atoms. The average molecular weight is 431 g/mol. The smallest absolute Gasteiger partial charge is 0.280 e. The minimum absolute atomic E-state index is 0.310. The molecule has 2 aliphatic rings. The van der Waals surface area contributed by atoms with Gasteiger partial charge in [0, 0.05) is 24.8 Å². The maximum Gasteiger partial charge on any atom is 0.280 e. The molecule has 0 radical (unpaired) electrons. The van der Waals surface area contributed by atoms with Crippen molar-refractivity contribution < 1.29 is 9.53 Å². The van der Waals surface area contributed by atoms with Crippen LogP contribution in [0.15, 0.2) is 41.5 Å². The van der Waals surface area contributed by atoms with Crippen molar-refractivity contribution in [2.24, 2.45) is 12.0 Å². The van der Waals surface area contributed by atoms with Crippen LogP contribution in [-0.2, 0) is 7.05 Å². The number of rotatable bonds is 0. The molecule has 0 saturated heterocycles. The molecular weight excluding hydrogens is 404 g/mol. The van der Waals surface area contributed by atoms with Gasteiger partial charge < -0.3 is 15.0 Å². The molecule has 0 aliphatic carbocycles. The first-order valence-electron chi connectivity index (χ1n) is 10.9. The van der Waals surface area contributed by atoms with Crippen LogP contribution in [0.25, 0.3) is 11.3 Å². The molecule has 0 atom stereocenters. The van der Waals surface area contributed by atoms with Crippen molar-refractivity contribution in [2.75, 3.05) is 23.4 Å². The molecule has 0 fully saturated rings. The quantitative estimate of drug-likeness (QED) is 0.578. The highest BCUT2D eigenvalue weighted by molar-refractivity contribution is 6.19. The van der Waals surface area contributed by atoms with Gasteiger partial charge in [0.05, 0.1) is 35.4 Å². The number of aliphatic imine (C=N–C) groups is 1. The molecule has 32 heavy (non-hydrogen) atoms. The van der Waals surface area contributed by atoms with Gasteiger partial charge in [0.2, 0.25) is 11.8 Å². The van der Waals surface area contributed by atoms with Gasteiger partial charge in [-0.15, -0.1) is 0 Å². The minimum atomic E-state index is -0.310. The van der Waals surface area contributed by atoms with E-state index >= 15 is 0 Å². The number of benzene rings is 1. The molecule has 1 amide bonds. The Kier molecular flexibility index (Phi) is 5.13. The fourth-order valence-corrected chi connectivity index (χ4v) is 4.17. The number of aromatic nitrogens is 3. The van der Waals surface area contributed by atoms with Crippen molar-refractivity contribution >= 4 is 23.2 Å². The molecule has 3 aromatic rings. The number of guanidine groups is 1. The average Bonchev–Trinajstić information content (AvgIpc) is 3.29. The second-order valence-corrected chi connectivity index (χ2v) is 8.32. The molecule has 164 valence electrons. The van der Waals surface area contributed by atoms with Gasteiger partial charge in [-0.05, 0) is 62.9 Å². The molecule has 2 aliphatic heterocycles. The molecule has 5 rings (SSSR count). The van der Waals surface area contributed by atoms with Crippen LogP contribution in [0.3, 0.4) is 0 Å². The largest absolute Gasteiger partial charge is 0.477 e. The molecule has 1 N–H and O–H groups in total. The Labute approximate surface area is 186 Å². The normalized spacial score (nSPS) is 17.7. The Morgan fingerprint density at radius 3 is 2.84 bits per heavy atom. The number of carbonyl (C=O) groups excluding carboxylic acids is 1. The number of pyridine rings is 1. The van der Waals surface area contributed by atoms with E-state index in [0.717, 1.165) is 48.4 Å². The number of nitrogens with zero attached hydrogens (tertiary/aromatic N) is 5. The van der Waals surface area contributed by atoms with E-state index in [0.29, 0.717) is 29.7 Å². The zero-order chi connectivity index (χ0) is 22.2. The summed E-state index contributed by atoms with van der Waals surface area (Å²) >= 11 is 0. The zero-order valence-corrected chi connectivity index (χ0v) is 18.6. The summed E-state index contributed by atoms with van der Waals surface area (Å²) in [5.41, 5.74) is 5.85. The van der Waals surface area contributed by atoms with Crippen LogP contribution in [0.4, 0.5) is 11.4 Å². The minimum Gasteiger partial charge on any atom is -0.477 e. The summed E-state index contributed by atoms with van der Waals surface area (Å²) in [5.74, 6) is 0.921. The van der Waals surface area contributed by atoms with Gasteiger partial charge in [0.1, 0.15) is 0 Å². The Bertz CT molecular complexity index is 1230. The van der Waals surface area contributed by atoms with E-state index < -0.39 is 0 Å². The van der Waals surface area contributed by atoms with E-state index in [1.54, 1.807) is 23.0 Å². The van der Waals surface area contributed by atoms with E-state index in [-0.39, 0.29) is 5.91 Å². The Balaban J connectivity index is 1.59. The first kappa shape index (κ1) is 20.2. The maximum absolute atomic E-state index is 13.2. The number of nitrogens with one attached hydrogen (secondary N) is 1. The van der Waals surface area contributed by atoms with E-state index in [2.05, 4.69) is 44.3 Å². The molecule has 8 nitrogen and oxygen atoms in total. The first-order chi connectivity index (χ1) is 15.5. The predicted octanol–water partition coefficient (Wildman–Crippen LogP) is 4.09. The van der Waals surface area contributed by atoms with E-state index in [1.165, 1.54) is 5.56 Å². The molecule has 0 spiro atoms. The van der Waals surface area contributed by atoms with Crippen LogP contribution in [0.1, 0.15) is 40.9 Å². The van der Waals surface area contributed by atoms with Gasteiger partial charge in [-0.1, -0.05) is 6.07 Å². The second kappa shape index (κ2) is 8.11. The molecular formula is C24H26N6O2. The topological polar surface area (TPSA) is 84.6 Å². The second-order valence-electron chi connectivity index (χ2n) is 8.32. The van der Waals surface area contributed by atoms with Crippen LogP contribution in [0.5, 0.6) is 5.88 Å². The lowest BCUT2D eigenvalue weighted by atomic mass is 10.1. The van der Waals surface area contributed by atoms with Crippen molar-refractivity contribution in [1.29, 1.82) is 0 Å². The van der Waals surface area contributed by atoms with Crippen molar-refractivity contribution in [2.45, 2.75) is 33.1 Å². The summed E-state index contributed by atoms with van der Waals surface area (Å²) in [7, 11) is 1.85. The number of aryl methyl sites for hydroxylation is 3. The van der Waals surface area contributed by atoms with Crippen LogP contribution in [0, 0.1) is 13.8 Å². The highest BCUT2D eigenvalue weighted by atomic mass is 16.5. The summed E-state index contributed by atoms with van der Waals surface area (Å²) in [6, 6.07) is 9.75. The molecule has 4 heterocycles. The number of fused-ring (bicyclic) bond motifs is 7. The van der Waals surface area contributed by atoms with Gasteiger partial charge in [0.15, 0.2) is 0 Å². The molecule has 8 heteroatoms. The maximum atomic E-state index is 13.2. The summed E-state index contributed by atoms with van der Waals surface area (Å²) in [6.07, 6.45) is 4.61. The first-order valence-corrected chi connectivity index (χ1v) is 10.9. The van der Waals surface area contributed by atoms with Gasteiger partial charge in [-0.2, -0.15) is 10.1 Å². The summed E-state index contributed by atoms with van der Waals surface area (Å²) in [5, 5.41) is 7.67. The lowest BCUT2D eigenvalue weighted by Crippen LogP contribution is -2.32. The fraction of sp³-hybridized carbons (Fsp3) is 0.333. The molecule has 0 saturated carbocycles. The third kappa shape index (κ3) is 3.72. The van der Waals surface area contributed by atoms with E-state index in [1.807, 2.05) is 20.0 Å². The van der Waals surface area contributed by atoms with Crippen LogP contribution >= 0.6 is 0 Å². The van der Waals surface area contributed by atoms with Gasteiger partial charge in [-0.25, -0.2) is 4.68 Å². The number of ether oxygens (including phenoxy) is 1. The molecule has 0 unspecified atom stereocenters. The standard InChI is InChI=1S/C24H26N6O2/c1-15-7-8-19-21(11-15)30-9-5-4-6-10-32-23-18(14-25-29(23)3)20-13-17(12-16(2)26-20)22(31)28-24(30)27-19/h7-8,11-14H,4-6,9-10H2,1-3H3,(H,27,28,31).